The molecular formula is C21H22N2O. The smallest absolute Gasteiger partial charge is 0.0915 e. The topological polar surface area (TPSA) is 45.1 Å². The van der Waals surface area contributed by atoms with Crippen LogP contribution < -0.4 is 5.32 Å². The molecule has 0 bridgehead atoms. The van der Waals surface area contributed by atoms with Crippen LogP contribution in [-0.4, -0.2) is 23.2 Å². The monoisotopic (exact) mass is 318 g/mol. The minimum atomic E-state index is -0.558. The van der Waals surface area contributed by atoms with E-state index in [1.54, 1.807) is 0 Å². The van der Waals surface area contributed by atoms with Crippen molar-refractivity contribution in [3.63, 3.8) is 0 Å². The molecular weight excluding hydrogens is 296 g/mol. The van der Waals surface area contributed by atoms with Crippen LogP contribution in [0.4, 0.5) is 0 Å². The largest absolute Gasteiger partial charge is 0.387 e. The Morgan fingerprint density at radius 2 is 1.38 bits per heavy atom. The van der Waals surface area contributed by atoms with Crippen LogP contribution in [0.25, 0.3) is 22.5 Å². The zero-order chi connectivity index (χ0) is 16.8. The highest BCUT2D eigenvalue weighted by atomic mass is 16.3. The Morgan fingerprint density at radius 3 is 1.83 bits per heavy atom. The van der Waals surface area contributed by atoms with Gasteiger partial charge in [-0.1, -0.05) is 67.6 Å². The molecule has 0 aliphatic carbocycles. The molecule has 0 amide bonds. The molecule has 122 valence electrons. The third kappa shape index (κ3) is 3.88. The van der Waals surface area contributed by atoms with Crippen molar-refractivity contribution < 1.29 is 5.11 Å². The number of rotatable bonds is 6. The van der Waals surface area contributed by atoms with Crippen LogP contribution in [0, 0.1) is 0 Å². The summed E-state index contributed by atoms with van der Waals surface area (Å²) in [5.74, 6) is 0. The predicted octanol–water partition coefficient (Wildman–Crippen LogP) is 4.06. The zero-order valence-electron chi connectivity index (χ0n) is 13.8. The number of pyridine rings is 1. The molecule has 1 aromatic heterocycles. The van der Waals surface area contributed by atoms with E-state index in [9.17, 15) is 5.11 Å². The normalized spacial score (nSPS) is 12.1. The molecule has 3 rings (SSSR count). The van der Waals surface area contributed by atoms with Gasteiger partial charge in [-0.3, -0.25) is 0 Å². The summed E-state index contributed by atoms with van der Waals surface area (Å²) in [4.78, 5) is 4.81. The molecule has 2 aromatic carbocycles. The minimum Gasteiger partial charge on any atom is -0.387 e. The maximum absolute atomic E-state index is 10.5. The molecule has 0 aliphatic rings. The average molecular weight is 318 g/mol. The van der Waals surface area contributed by atoms with Crippen LogP contribution in [0.2, 0.25) is 0 Å². The number of aliphatic hydroxyl groups excluding tert-OH is 1. The Hall–Kier alpha value is -2.49. The first-order valence-electron chi connectivity index (χ1n) is 8.29. The van der Waals surface area contributed by atoms with E-state index in [4.69, 9.17) is 4.98 Å². The maximum Gasteiger partial charge on any atom is 0.0915 e. The van der Waals surface area contributed by atoms with Gasteiger partial charge in [-0.05, 0) is 24.2 Å². The van der Waals surface area contributed by atoms with Gasteiger partial charge in [0.05, 0.1) is 17.5 Å². The van der Waals surface area contributed by atoms with Gasteiger partial charge in [0.2, 0.25) is 0 Å². The summed E-state index contributed by atoms with van der Waals surface area (Å²) in [5, 5.41) is 13.7. The van der Waals surface area contributed by atoms with Gasteiger partial charge in [-0.25, -0.2) is 4.98 Å². The van der Waals surface area contributed by atoms with E-state index in [0.29, 0.717) is 6.54 Å². The van der Waals surface area contributed by atoms with Crippen LogP contribution in [0.3, 0.4) is 0 Å². The Kier molecular flexibility index (Phi) is 5.36. The van der Waals surface area contributed by atoms with E-state index in [-0.39, 0.29) is 0 Å². The highest BCUT2D eigenvalue weighted by molar-refractivity contribution is 5.67. The van der Waals surface area contributed by atoms with E-state index >= 15 is 0 Å². The van der Waals surface area contributed by atoms with Gasteiger partial charge < -0.3 is 10.4 Å². The van der Waals surface area contributed by atoms with Crippen molar-refractivity contribution >= 4 is 0 Å². The second kappa shape index (κ2) is 7.86. The Balaban J connectivity index is 2.06. The summed E-state index contributed by atoms with van der Waals surface area (Å²) in [7, 11) is 0. The maximum atomic E-state index is 10.5. The highest BCUT2D eigenvalue weighted by Crippen LogP contribution is 2.27. The first-order valence-corrected chi connectivity index (χ1v) is 8.29. The fourth-order valence-electron chi connectivity index (χ4n) is 2.66. The first-order chi connectivity index (χ1) is 11.8. The molecule has 0 spiro atoms. The molecule has 1 atom stereocenters. The molecule has 1 unspecified atom stereocenters. The summed E-state index contributed by atoms with van der Waals surface area (Å²) < 4.78 is 0. The first kappa shape index (κ1) is 16.4. The van der Waals surface area contributed by atoms with Gasteiger partial charge in [-0.15, -0.1) is 0 Å². The number of hydrogen-bond acceptors (Lipinski definition) is 3. The molecule has 3 nitrogen and oxygen atoms in total. The summed E-state index contributed by atoms with van der Waals surface area (Å²) in [6.45, 7) is 3.40. The van der Waals surface area contributed by atoms with Crippen LogP contribution in [-0.2, 0) is 0 Å². The van der Waals surface area contributed by atoms with Crippen molar-refractivity contribution in [1.82, 2.24) is 10.3 Å². The number of nitrogens with zero attached hydrogens (tertiary/aromatic N) is 1. The third-order valence-corrected chi connectivity index (χ3v) is 3.96. The van der Waals surface area contributed by atoms with E-state index in [1.165, 1.54) is 0 Å². The summed E-state index contributed by atoms with van der Waals surface area (Å²) in [6, 6.07) is 24.1. The molecule has 0 radical (unpaired) electrons. The quantitative estimate of drug-likeness (QED) is 0.720. The van der Waals surface area contributed by atoms with Crippen LogP contribution in [0.15, 0.2) is 72.8 Å². The van der Waals surface area contributed by atoms with Crippen molar-refractivity contribution in [1.29, 1.82) is 0 Å². The standard InChI is InChI=1S/C21H22N2O/c1-2-22-15-21(24)18-13-19(16-9-5-3-6-10-16)23-20(14-18)17-11-7-4-8-12-17/h3-14,21-22,24H,2,15H2,1H3. The summed E-state index contributed by atoms with van der Waals surface area (Å²) in [6.07, 6.45) is -0.558. The molecule has 3 aromatic rings. The second-order valence-corrected chi connectivity index (χ2v) is 5.73. The van der Waals surface area contributed by atoms with Crippen molar-refractivity contribution in [2.45, 2.75) is 13.0 Å². The molecule has 3 heteroatoms. The van der Waals surface area contributed by atoms with Gasteiger partial charge in [0, 0.05) is 17.7 Å². The van der Waals surface area contributed by atoms with Gasteiger partial charge in [-0.2, -0.15) is 0 Å². The average Bonchev–Trinajstić information content (AvgIpc) is 2.67. The highest BCUT2D eigenvalue weighted by Gasteiger charge is 2.12. The molecule has 2 N–H and O–H groups in total. The van der Waals surface area contributed by atoms with Crippen LogP contribution in [0.5, 0.6) is 0 Å². The summed E-state index contributed by atoms with van der Waals surface area (Å²) >= 11 is 0. The second-order valence-electron chi connectivity index (χ2n) is 5.73. The minimum absolute atomic E-state index is 0.531. The lowest BCUT2D eigenvalue weighted by Crippen LogP contribution is -2.21. The van der Waals surface area contributed by atoms with Crippen molar-refractivity contribution in [2.75, 3.05) is 13.1 Å². The molecule has 0 fully saturated rings. The predicted molar refractivity (Wildman–Crippen MR) is 98.6 cm³/mol. The fourth-order valence-corrected chi connectivity index (χ4v) is 2.66. The molecule has 0 saturated heterocycles. The lowest BCUT2D eigenvalue weighted by molar-refractivity contribution is 0.175. The number of aliphatic hydroxyl groups is 1. The third-order valence-electron chi connectivity index (χ3n) is 3.96. The van der Waals surface area contributed by atoms with Crippen LogP contribution in [0.1, 0.15) is 18.6 Å². The number of benzene rings is 2. The van der Waals surface area contributed by atoms with E-state index < -0.39 is 6.10 Å². The Morgan fingerprint density at radius 1 is 0.875 bits per heavy atom. The SMILES string of the molecule is CCNCC(O)c1cc(-c2ccccc2)nc(-c2ccccc2)c1. The van der Waals surface area contributed by atoms with Gasteiger partial charge in [0.15, 0.2) is 0 Å². The number of aromatic nitrogens is 1. The Labute approximate surface area is 143 Å². The Bertz CT molecular complexity index is 715. The molecule has 0 saturated carbocycles. The van der Waals surface area contributed by atoms with E-state index in [1.807, 2.05) is 79.7 Å². The lowest BCUT2D eigenvalue weighted by Gasteiger charge is -2.15. The number of nitrogens with one attached hydrogen (secondary N) is 1. The van der Waals surface area contributed by atoms with Crippen molar-refractivity contribution in [3.8, 4) is 22.5 Å². The number of hydrogen-bond donors (Lipinski definition) is 2. The molecule has 24 heavy (non-hydrogen) atoms. The fraction of sp³-hybridized carbons (Fsp3) is 0.190. The van der Waals surface area contributed by atoms with Crippen LogP contribution >= 0.6 is 0 Å². The van der Waals surface area contributed by atoms with Crippen molar-refractivity contribution in [3.05, 3.63) is 78.4 Å². The van der Waals surface area contributed by atoms with Gasteiger partial charge in [0.25, 0.3) is 0 Å². The van der Waals surface area contributed by atoms with Gasteiger partial charge >= 0.3 is 0 Å². The van der Waals surface area contributed by atoms with E-state index in [0.717, 1.165) is 34.6 Å². The zero-order valence-corrected chi connectivity index (χ0v) is 13.8. The number of likely N-dealkylation sites (N-methyl/N-ethyl adjacent to an activating group) is 1. The van der Waals surface area contributed by atoms with Crippen molar-refractivity contribution in [2.24, 2.45) is 0 Å². The van der Waals surface area contributed by atoms with Gasteiger partial charge in [0.1, 0.15) is 0 Å². The summed E-state index contributed by atoms with van der Waals surface area (Å²) in [5.41, 5.74) is 4.73. The van der Waals surface area contributed by atoms with E-state index in [2.05, 4.69) is 5.32 Å². The lowest BCUT2D eigenvalue weighted by atomic mass is 10.0. The molecule has 0 aliphatic heterocycles. The molecule has 1 heterocycles.